The second-order valence-corrected chi connectivity index (χ2v) is 6.48. The Hall–Kier alpha value is -2.13. The van der Waals surface area contributed by atoms with Gasteiger partial charge < -0.3 is 4.74 Å². The van der Waals surface area contributed by atoms with Crippen molar-refractivity contribution >= 4 is 23.4 Å². The van der Waals surface area contributed by atoms with Crippen molar-refractivity contribution in [2.24, 2.45) is 5.92 Å². The molecule has 3 rings (SSSR count). The smallest absolute Gasteiger partial charge is 0.321 e. The Labute approximate surface area is 140 Å². The van der Waals surface area contributed by atoms with Crippen LogP contribution in [0, 0.1) is 5.92 Å². The van der Waals surface area contributed by atoms with Crippen molar-refractivity contribution < 1.29 is 14.3 Å². The third-order valence-electron chi connectivity index (χ3n) is 4.51. The number of ketones is 1. The highest BCUT2D eigenvalue weighted by Crippen LogP contribution is 2.47. The van der Waals surface area contributed by atoms with Gasteiger partial charge in [0, 0.05) is 10.6 Å². The molecule has 2 aromatic carbocycles. The van der Waals surface area contributed by atoms with Gasteiger partial charge in [0.05, 0.1) is 0 Å². The molecule has 0 bridgehead atoms. The molecule has 1 fully saturated rings. The Morgan fingerprint density at radius 2 is 1.70 bits per heavy atom. The molecule has 0 radical (unpaired) electrons. The first-order valence-electron chi connectivity index (χ1n) is 7.54. The summed E-state index contributed by atoms with van der Waals surface area (Å²) in [5.41, 5.74) is 0.351. The second kappa shape index (κ2) is 5.82. The number of halogens is 1. The molecule has 4 heteroatoms. The van der Waals surface area contributed by atoms with Gasteiger partial charge in [0.1, 0.15) is 5.41 Å². The summed E-state index contributed by atoms with van der Waals surface area (Å²) in [5, 5.41) is 0.589. The van der Waals surface area contributed by atoms with E-state index < -0.39 is 11.5 Å². The number of rotatable bonds is 4. The van der Waals surface area contributed by atoms with Crippen LogP contribution in [-0.4, -0.2) is 17.9 Å². The average molecular weight is 329 g/mol. The molecular weight excluding hydrogens is 312 g/mol. The number of carbonyl (C=O) groups is 2. The zero-order valence-electron chi connectivity index (χ0n) is 13.0. The molecular formula is C19H17ClO3. The molecule has 1 aliphatic rings. The van der Waals surface area contributed by atoms with Crippen LogP contribution in [0.3, 0.4) is 0 Å². The molecule has 0 saturated carbocycles. The van der Waals surface area contributed by atoms with Gasteiger partial charge >= 0.3 is 5.97 Å². The molecule has 118 valence electrons. The van der Waals surface area contributed by atoms with E-state index in [1.54, 1.807) is 48.5 Å². The van der Waals surface area contributed by atoms with E-state index in [0.717, 1.165) is 5.56 Å². The number of Topliss-reactive ketones (excluding diaryl/α,β-unsaturated/α-hetero) is 1. The van der Waals surface area contributed by atoms with Crippen molar-refractivity contribution in [2.45, 2.75) is 25.4 Å². The molecule has 0 spiro atoms. The lowest BCUT2D eigenvalue weighted by Gasteiger charge is -2.48. The quantitative estimate of drug-likeness (QED) is 0.628. The van der Waals surface area contributed by atoms with Crippen LogP contribution in [0.2, 0.25) is 5.02 Å². The number of benzene rings is 2. The Morgan fingerprint density at radius 1 is 1.09 bits per heavy atom. The minimum atomic E-state index is -0.961. The molecule has 1 aliphatic heterocycles. The third-order valence-corrected chi connectivity index (χ3v) is 4.76. The van der Waals surface area contributed by atoms with Crippen molar-refractivity contribution in [3.05, 3.63) is 70.7 Å². The van der Waals surface area contributed by atoms with Crippen LogP contribution in [0.15, 0.2) is 54.6 Å². The molecule has 0 aromatic heterocycles. The van der Waals surface area contributed by atoms with E-state index in [1.165, 1.54) is 0 Å². The Kier molecular flexibility index (Phi) is 3.99. The Bertz CT molecular complexity index is 737. The molecule has 1 heterocycles. The predicted octanol–water partition coefficient (Wildman–Crippen LogP) is 4.04. The highest BCUT2D eigenvalue weighted by molar-refractivity contribution is 6.30. The average Bonchev–Trinajstić information content (AvgIpc) is 2.54. The van der Waals surface area contributed by atoms with Crippen molar-refractivity contribution in [1.29, 1.82) is 0 Å². The lowest BCUT2D eigenvalue weighted by molar-refractivity contribution is -0.189. The van der Waals surface area contributed by atoms with Crippen LogP contribution < -0.4 is 0 Å². The predicted molar refractivity (Wildman–Crippen MR) is 88.6 cm³/mol. The van der Waals surface area contributed by atoms with Crippen molar-refractivity contribution in [1.82, 2.24) is 0 Å². The number of ether oxygens (including phenoxy) is 1. The van der Waals surface area contributed by atoms with E-state index in [9.17, 15) is 9.59 Å². The monoisotopic (exact) mass is 328 g/mol. The molecule has 3 nitrogen and oxygen atoms in total. The summed E-state index contributed by atoms with van der Waals surface area (Å²) < 4.78 is 5.30. The number of esters is 1. The van der Waals surface area contributed by atoms with Gasteiger partial charge in [-0.25, -0.2) is 0 Å². The molecule has 1 saturated heterocycles. The highest BCUT2D eigenvalue weighted by Gasteiger charge is 2.64. The molecule has 2 aromatic rings. The van der Waals surface area contributed by atoms with Crippen LogP contribution in [0.4, 0.5) is 0 Å². The summed E-state index contributed by atoms with van der Waals surface area (Å²) >= 11 is 5.95. The maximum Gasteiger partial charge on any atom is 0.321 e. The van der Waals surface area contributed by atoms with Crippen LogP contribution >= 0.6 is 11.6 Å². The van der Waals surface area contributed by atoms with Gasteiger partial charge in [-0.1, -0.05) is 67.9 Å². The first-order valence-corrected chi connectivity index (χ1v) is 7.92. The fourth-order valence-electron chi connectivity index (χ4n) is 3.23. The minimum absolute atomic E-state index is 0.0809. The topological polar surface area (TPSA) is 43.4 Å². The maximum absolute atomic E-state index is 12.8. The van der Waals surface area contributed by atoms with E-state index in [2.05, 4.69) is 0 Å². The Morgan fingerprint density at radius 3 is 2.22 bits per heavy atom. The molecule has 0 N–H and O–H groups in total. The first-order chi connectivity index (χ1) is 11.0. The summed E-state index contributed by atoms with van der Waals surface area (Å²) in [4.78, 5) is 25.2. The number of carbonyl (C=O) groups excluding carboxylic acids is 2. The molecule has 23 heavy (non-hydrogen) atoms. The zero-order chi connectivity index (χ0) is 16.6. The normalized spacial score (nSPS) is 23.3. The molecule has 0 aliphatic carbocycles. The van der Waals surface area contributed by atoms with Gasteiger partial charge in [0.25, 0.3) is 0 Å². The first kappa shape index (κ1) is 15.8. The standard InChI is InChI=1S/C19H17ClO3/c1-12(2)19(14-8-10-15(20)11-9-14)17(23-18(19)22)16(21)13-6-4-3-5-7-13/h3-12,17H,1-2H3/t17-,19-/m1/s1. The minimum Gasteiger partial charge on any atom is -0.452 e. The Balaban J connectivity index is 2.06. The molecule has 0 amide bonds. The van der Waals surface area contributed by atoms with E-state index in [0.29, 0.717) is 10.6 Å². The van der Waals surface area contributed by atoms with E-state index in [4.69, 9.17) is 16.3 Å². The zero-order valence-corrected chi connectivity index (χ0v) is 13.7. The summed E-state index contributed by atoms with van der Waals surface area (Å²) in [6, 6.07) is 16.0. The fourth-order valence-corrected chi connectivity index (χ4v) is 3.35. The largest absolute Gasteiger partial charge is 0.452 e. The molecule has 2 atom stereocenters. The van der Waals surface area contributed by atoms with Crippen molar-refractivity contribution in [3.8, 4) is 0 Å². The van der Waals surface area contributed by atoms with Crippen molar-refractivity contribution in [3.63, 3.8) is 0 Å². The SMILES string of the molecule is CC(C)[C@]1(c2ccc(Cl)cc2)C(=O)O[C@@H]1C(=O)c1ccccc1. The lowest BCUT2D eigenvalue weighted by Crippen LogP contribution is -2.66. The summed E-state index contributed by atoms with van der Waals surface area (Å²) in [6.07, 6.45) is -0.807. The summed E-state index contributed by atoms with van der Waals surface area (Å²) in [6.45, 7) is 3.86. The van der Waals surface area contributed by atoms with Gasteiger partial charge in [0.2, 0.25) is 5.78 Å². The van der Waals surface area contributed by atoms with Crippen molar-refractivity contribution in [2.75, 3.05) is 0 Å². The molecule has 0 unspecified atom stereocenters. The van der Waals surface area contributed by atoms with Gasteiger partial charge in [-0.15, -0.1) is 0 Å². The highest BCUT2D eigenvalue weighted by atomic mass is 35.5. The van der Waals surface area contributed by atoms with E-state index in [-0.39, 0.29) is 17.7 Å². The van der Waals surface area contributed by atoms with Gasteiger partial charge in [-0.05, 0) is 23.6 Å². The maximum atomic E-state index is 12.8. The van der Waals surface area contributed by atoms with Crippen LogP contribution in [0.5, 0.6) is 0 Å². The second-order valence-electron chi connectivity index (χ2n) is 6.05. The van der Waals surface area contributed by atoms with Crippen LogP contribution in [-0.2, 0) is 14.9 Å². The van der Waals surface area contributed by atoms with E-state index >= 15 is 0 Å². The van der Waals surface area contributed by atoms with Gasteiger partial charge in [0.15, 0.2) is 6.10 Å². The number of cyclic esters (lactones) is 1. The van der Waals surface area contributed by atoms with E-state index in [1.807, 2.05) is 19.9 Å². The number of hydrogen-bond acceptors (Lipinski definition) is 3. The number of hydrogen-bond donors (Lipinski definition) is 0. The van der Waals surface area contributed by atoms with Gasteiger partial charge in [-0.2, -0.15) is 0 Å². The van der Waals surface area contributed by atoms with Gasteiger partial charge in [-0.3, -0.25) is 9.59 Å². The fraction of sp³-hybridized carbons (Fsp3) is 0.263. The summed E-state index contributed by atoms with van der Waals surface area (Å²) in [7, 11) is 0. The van der Waals surface area contributed by atoms with Crippen LogP contribution in [0.1, 0.15) is 29.8 Å². The lowest BCUT2D eigenvalue weighted by atomic mass is 9.62. The summed E-state index contributed by atoms with van der Waals surface area (Å²) in [5.74, 6) is -0.611. The third kappa shape index (κ3) is 2.36. The van der Waals surface area contributed by atoms with Crippen LogP contribution in [0.25, 0.3) is 0 Å².